The lowest BCUT2D eigenvalue weighted by Gasteiger charge is -2.07. The zero-order valence-electron chi connectivity index (χ0n) is 16.1. The summed E-state index contributed by atoms with van der Waals surface area (Å²) in [6, 6.07) is 19.5. The van der Waals surface area contributed by atoms with E-state index in [1.54, 1.807) is 32.4 Å². The number of aromatic nitrogens is 2. The third-order valence-corrected chi connectivity index (χ3v) is 5.80. The van der Waals surface area contributed by atoms with Gasteiger partial charge < -0.3 is 14.0 Å². The van der Waals surface area contributed by atoms with Crippen molar-refractivity contribution in [1.82, 2.24) is 10.1 Å². The lowest BCUT2D eigenvalue weighted by molar-refractivity contribution is 0.387. The Morgan fingerprint density at radius 3 is 2.62 bits per heavy atom. The third-order valence-electron chi connectivity index (χ3n) is 4.60. The fourth-order valence-electron chi connectivity index (χ4n) is 3.19. The number of hydrogen-bond donors (Lipinski definition) is 0. The van der Waals surface area contributed by atoms with Gasteiger partial charge in [-0.2, -0.15) is 4.98 Å². The topological polar surface area (TPSA) is 74.5 Å². The molecule has 0 bridgehead atoms. The number of fused-ring (bicyclic) bond motifs is 1. The molecule has 0 saturated carbocycles. The van der Waals surface area contributed by atoms with Gasteiger partial charge in [-0.25, -0.2) is 0 Å². The maximum Gasteiger partial charge on any atom is 0.239 e. The van der Waals surface area contributed by atoms with Crippen LogP contribution in [0.3, 0.4) is 0 Å². The van der Waals surface area contributed by atoms with E-state index < -0.39 is 10.8 Å². The van der Waals surface area contributed by atoms with Crippen molar-refractivity contribution in [3.05, 3.63) is 72.1 Å². The molecule has 1 aromatic heterocycles. The van der Waals surface area contributed by atoms with Gasteiger partial charge in [0.05, 0.1) is 19.8 Å². The first-order valence-electron chi connectivity index (χ1n) is 9.04. The summed E-state index contributed by atoms with van der Waals surface area (Å²) in [5, 5.41) is 6.26. The Bertz CT molecular complexity index is 1170. The molecule has 0 radical (unpaired) electrons. The molecule has 1 atom stereocenters. The third kappa shape index (κ3) is 4.14. The van der Waals surface area contributed by atoms with Crippen LogP contribution < -0.4 is 9.47 Å². The Kier molecular flexibility index (Phi) is 5.57. The minimum absolute atomic E-state index is 0.189. The van der Waals surface area contributed by atoms with Crippen LogP contribution in [0.5, 0.6) is 11.5 Å². The van der Waals surface area contributed by atoms with Crippen LogP contribution in [0.2, 0.25) is 0 Å². The van der Waals surface area contributed by atoms with Crippen molar-refractivity contribution >= 4 is 21.6 Å². The van der Waals surface area contributed by atoms with Gasteiger partial charge in [0.1, 0.15) is 17.3 Å². The first kappa shape index (κ1) is 19.1. The molecule has 0 aliphatic heterocycles. The van der Waals surface area contributed by atoms with Gasteiger partial charge in [-0.3, -0.25) is 4.21 Å². The predicted octanol–water partition coefficient (Wildman–Crippen LogP) is 4.36. The van der Waals surface area contributed by atoms with Crippen molar-refractivity contribution in [3.8, 4) is 22.9 Å². The molecule has 0 N–H and O–H groups in total. The zero-order valence-corrected chi connectivity index (χ0v) is 16.9. The van der Waals surface area contributed by atoms with Crippen LogP contribution in [0.4, 0.5) is 0 Å². The molecule has 1 heterocycles. The van der Waals surface area contributed by atoms with Gasteiger partial charge in [-0.05, 0) is 28.5 Å². The standard InChI is InChI=1S/C22H20N2O4S/c1-26-17-10-11-19(20(12-17)27-2)22-23-21(28-24-22)14-29(25)13-16-8-5-7-15-6-3-4-9-18(15)16/h3-12H,13-14H2,1-2H3/t29-/m0/s1. The van der Waals surface area contributed by atoms with Gasteiger partial charge in [0.15, 0.2) is 0 Å². The van der Waals surface area contributed by atoms with E-state index >= 15 is 0 Å². The molecule has 0 aliphatic rings. The summed E-state index contributed by atoms with van der Waals surface area (Å²) in [7, 11) is 1.98. The van der Waals surface area contributed by atoms with Crippen molar-refractivity contribution in [1.29, 1.82) is 0 Å². The van der Waals surface area contributed by atoms with E-state index in [9.17, 15) is 4.21 Å². The summed E-state index contributed by atoms with van der Waals surface area (Å²) in [5.74, 6) is 2.58. The monoisotopic (exact) mass is 408 g/mol. The second kappa shape index (κ2) is 8.45. The van der Waals surface area contributed by atoms with E-state index in [0.717, 1.165) is 16.3 Å². The van der Waals surface area contributed by atoms with Gasteiger partial charge in [-0.1, -0.05) is 47.6 Å². The Hall–Kier alpha value is -3.19. The summed E-state index contributed by atoms with van der Waals surface area (Å²) in [4.78, 5) is 4.40. The number of hydrogen-bond acceptors (Lipinski definition) is 6. The molecular weight excluding hydrogens is 388 g/mol. The van der Waals surface area contributed by atoms with Crippen LogP contribution in [-0.4, -0.2) is 28.6 Å². The van der Waals surface area contributed by atoms with E-state index in [4.69, 9.17) is 14.0 Å². The number of methoxy groups -OCH3 is 2. The molecule has 6 nitrogen and oxygen atoms in total. The summed E-state index contributed by atoms with van der Waals surface area (Å²) in [6.07, 6.45) is 0. The molecule has 0 spiro atoms. The molecule has 0 unspecified atom stereocenters. The molecule has 4 rings (SSSR count). The van der Waals surface area contributed by atoms with E-state index in [-0.39, 0.29) is 5.75 Å². The van der Waals surface area contributed by atoms with Crippen LogP contribution in [0.25, 0.3) is 22.2 Å². The fourth-order valence-corrected chi connectivity index (χ4v) is 4.28. The lowest BCUT2D eigenvalue weighted by atomic mass is 10.1. The predicted molar refractivity (Wildman–Crippen MR) is 112 cm³/mol. The molecule has 0 aliphatic carbocycles. The van der Waals surface area contributed by atoms with E-state index in [0.29, 0.717) is 34.5 Å². The smallest absolute Gasteiger partial charge is 0.239 e. The second-order valence-corrected chi connectivity index (χ2v) is 7.90. The highest BCUT2D eigenvalue weighted by Gasteiger charge is 2.16. The molecule has 0 amide bonds. The van der Waals surface area contributed by atoms with E-state index in [1.165, 1.54) is 0 Å². The summed E-state index contributed by atoms with van der Waals surface area (Å²) in [5.41, 5.74) is 1.72. The normalized spacial score (nSPS) is 12.1. The van der Waals surface area contributed by atoms with Crippen molar-refractivity contribution in [2.45, 2.75) is 11.5 Å². The van der Waals surface area contributed by atoms with Crippen LogP contribution in [0, 0.1) is 0 Å². The first-order valence-corrected chi connectivity index (χ1v) is 10.5. The summed E-state index contributed by atoms with van der Waals surface area (Å²) >= 11 is 0. The maximum absolute atomic E-state index is 12.7. The van der Waals surface area contributed by atoms with Crippen molar-refractivity contribution in [2.75, 3.05) is 14.2 Å². The Morgan fingerprint density at radius 1 is 0.966 bits per heavy atom. The van der Waals surface area contributed by atoms with Crippen molar-refractivity contribution < 1.29 is 18.2 Å². The molecule has 7 heteroatoms. The molecule has 29 heavy (non-hydrogen) atoms. The number of nitrogens with zero attached hydrogens (tertiary/aromatic N) is 2. The van der Waals surface area contributed by atoms with E-state index in [2.05, 4.69) is 10.1 Å². The minimum Gasteiger partial charge on any atom is -0.497 e. The Morgan fingerprint density at radius 2 is 1.79 bits per heavy atom. The average molecular weight is 408 g/mol. The van der Waals surface area contributed by atoms with Gasteiger partial charge >= 0.3 is 0 Å². The molecule has 3 aromatic carbocycles. The maximum atomic E-state index is 12.7. The van der Waals surface area contributed by atoms with Crippen molar-refractivity contribution in [3.63, 3.8) is 0 Å². The molecule has 0 fully saturated rings. The number of ether oxygens (including phenoxy) is 2. The van der Waals surface area contributed by atoms with Gasteiger partial charge in [0.2, 0.25) is 11.7 Å². The van der Waals surface area contributed by atoms with Gasteiger partial charge in [0, 0.05) is 22.6 Å². The molecular formula is C22H20N2O4S. The van der Waals surface area contributed by atoms with Crippen LogP contribution in [0.1, 0.15) is 11.5 Å². The molecule has 0 saturated heterocycles. The fraction of sp³-hybridized carbons (Fsp3) is 0.182. The Labute approximate surface area is 170 Å². The Balaban J connectivity index is 1.51. The summed E-state index contributed by atoms with van der Waals surface area (Å²) in [6.45, 7) is 0. The van der Waals surface area contributed by atoms with Crippen LogP contribution in [-0.2, 0) is 22.3 Å². The highest BCUT2D eigenvalue weighted by Crippen LogP contribution is 2.31. The average Bonchev–Trinajstić information content (AvgIpc) is 3.21. The van der Waals surface area contributed by atoms with Crippen molar-refractivity contribution in [2.24, 2.45) is 0 Å². The number of rotatable bonds is 7. The quantitative estimate of drug-likeness (QED) is 0.452. The largest absolute Gasteiger partial charge is 0.497 e. The van der Waals surface area contributed by atoms with Crippen LogP contribution >= 0.6 is 0 Å². The molecule has 4 aromatic rings. The molecule has 148 valence electrons. The lowest BCUT2D eigenvalue weighted by Crippen LogP contribution is -2.00. The summed E-state index contributed by atoms with van der Waals surface area (Å²) < 4.78 is 28.6. The van der Waals surface area contributed by atoms with Gasteiger partial charge in [-0.15, -0.1) is 0 Å². The van der Waals surface area contributed by atoms with Gasteiger partial charge in [0.25, 0.3) is 0 Å². The SMILES string of the molecule is COc1ccc(-c2noc(C[S@@](=O)Cc3cccc4ccccc34)n2)c(OC)c1. The van der Waals surface area contributed by atoms with Crippen LogP contribution in [0.15, 0.2) is 65.2 Å². The minimum atomic E-state index is -1.18. The number of benzene rings is 3. The second-order valence-electron chi connectivity index (χ2n) is 6.44. The zero-order chi connectivity index (χ0) is 20.2. The highest BCUT2D eigenvalue weighted by atomic mass is 32.2. The highest BCUT2D eigenvalue weighted by molar-refractivity contribution is 7.83. The van der Waals surface area contributed by atoms with E-state index in [1.807, 2.05) is 42.5 Å². The first-order chi connectivity index (χ1) is 14.2.